The van der Waals surface area contributed by atoms with E-state index in [1.54, 1.807) is 0 Å². The first-order valence-corrected chi connectivity index (χ1v) is 7.83. The summed E-state index contributed by atoms with van der Waals surface area (Å²) >= 11 is 0. The number of hydrogen-bond donors (Lipinski definition) is 0. The second kappa shape index (κ2) is 4.72. The first kappa shape index (κ1) is 13.1. The number of halogens is 1. The molecule has 1 amide bonds. The lowest BCUT2D eigenvalue weighted by atomic mass is 9.62. The molecule has 0 spiro atoms. The fourth-order valence-corrected chi connectivity index (χ4v) is 4.67. The van der Waals surface area contributed by atoms with E-state index < -0.39 is 11.9 Å². The van der Waals surface area contributed by atoms with Crippen molar-refractivity contribution in [3.05, 3.63) is 35.9 Å². The van der Waals surface area contributed by atoms with E-state index in [-0.39, 0.29) is 12.6 Å². The molecular weight excluding hydrogens is 269 g/mol. The number of nitrogens with zero attached hydrogens (tertiary/aromatic N) is 1. The number of benzene rings is 1. The van der Waals surface area contributed by atoms with Gasteiger partial charge in [0, 0.05) is 18.9 Å². The average molecular weight is 289 g/mol. The summed E-state index contributed by atoms with van der Waals surface area (Å²) < 4.78 is 20.5. The van der Waals surface area contributed by atoms with Gasteiger partial charge < -0.3 is 4.74 Å². The number of amides is 1. The Morgan fingerprint density at radius 2 is 1.86 bits per heavy atom. The van der Waals surface area contributed by atoms with Crippen molar-refractivity contribution >= 4 is 6.09 Å². The SMILES string of the molecule is O=C(OCc1ccccc1)N1C2CC3CC(C2)CC1(F)C3. The van der Waals surface area contributed by atoms with Crippen molar-refractivity contribution in [2.75, 3.05) is 0 Å². The number of ether oxygens (including phenoxy) is 1. The third-order valence-corrected chi connectivity index (χ3v) is 5.28. The van der Waals surface area contributed by atoms with Crippen LogP contribution in [0.4, 0.5) is 9.18 Å². The van der Waals surface area contributed by atoms with Crippen molar-refractivity contribution in [2.24, 2.45) is 11.8 Å². The Labute approximate surface area is 124 Å². The summed E-state index contributed by atoms with van der Waals surface area (Å²) in [7, 11) is 0. The van der Waals surface area contributed by atoms with Gasteiger partial charge in [0.2, 0.25) is 0 Å². The summed E-state index contributed by atoms with van der Waals surface area (Å²) in [5, 5.41) is 0. The molecule has 4 bridgehead atoms. The first-order valence-electron chi connectivity index (χ1n) is 7.83. The fraction of sp³-hybridized carbons (Fsp3) is 0.588. The molecule has 4 aliphatic rings. The van der Waals surface area contributed by atoms with Crippen molar-refractivity contribution in [3.8, 4) is 0 Å². The summed E-state index contributed by atoms with van der Waals surface area (Å²) in [5.41, 5.74) is 0.934. The van der Waals surface area contributed by atoms with Crippen LogP contribution >= 0.6 is 0 Å². The highest BCUT2D eigenvalue weighted by molar-refractivity contribution is 5.69. The van der Waals surface area contributed by atoms with Gasteiger partial charge in [0.1, 0.15) is 6.61 Å². The molecule has 2 saturated heterocycles. The minimum atomic E-state index is -1.46. The lowest BCUT2D eigenvalue weighted by molar-refractivity contribution is -0.173. The zero-order chi connectivity index (χ0) is 14.4. The summed E-state index contributed by atoms with van der Waals surface area (Å²) in [6.07, 6.45) is 3.56. The first-order chi connectivity index (χ1) is 10.1. The Morgan fingerprint density at radius 3 is 2.48 bits per heavy atom. The predicted molar refractivity (Wildman–Crippen MR) is 76.2 cm³/mol. The van der Waals surface area contributed by atoms with Crippen LogP contribution in [0.5, 0.6) is 0 Å². The van der Waals surface area contributed by atoms with E-state index in [0.29, 0.717) is 24.7 Å². The zero-order valence-electron chi connectivity index (χ0n) is 12.0. The fourth-order valence-electron chi connectivity index (χ4n) is 4.67. The second-order valence-corrected chi connectivity index (χ2v) is 6.83. The van der Waals surface area contributed by atoms with Gasteiger partial charge in [-0.2, -0.15) is 0 Å². The second-order valence-electron chi connectivity index (χ2n) is 6.83. The van der Waals surface area contributed by atoms with E-state index >= 15 is 4.39 Å². The molecule has 2 unspecified atom stereocenters. The zero-order valence-corrected chi connectivity index (χ0v) is 12.0. The van der Waals surface area contributed by atoms with Gasteiger partial charge in [0.25, 0.3) is 0 Å². The van der Waals surface area contributed by atoms with Crippen molar-refractivity contribution < 1.29 is 13.9 Å². The molecule has 2 atom stereocenters. The normalized spacial score (nSPS) is 36.8. The lowest BCUT2D eigenvalue weighted by Gasteiger charge is -2.58. The van der Waals surface area contributed by atoms with Gasteiger partial charge in [0.15, 0.2) is 5.79 Å². The number of hydrogen-bond acceptors (Lipinski definition) is 2. The van der Waals surface area contributed by atoms with E-state index in [1.165, 1.54) is 4.90 Å². The molecule has 2 aliphatic carbocycles. The molecule has 2 saturated carbocycles. The standard InChI is InChI=1S/C17H20FNO2/c18-17-9-13-6-14(10-17)8-15(7-13)19(17)16(20)21-11-12-4-2-1-3-5-12/h1-5,13-15H,6-11H2. The smallest absolute Gasteiger partial charge is 0.412 e. The Balaban J connectivity index is 1.47. The maximum atomic E-state index is 15.1. The van der Waals surface area contributed by atoms with E-state index in [0.717, 1.165) is 24.8 Å². The van der Waals surface area contributed by atoms with Gasteiger partial charge in [-0.3, -0.25) is 4.90 Å². The Bertz CT molecular complexity index is 533. The minimum Gasteiger partial charge on any atom is -0.444 e. The van der Waals surface area contributed by atoms with Gasteiger partial charge in [-0.15, -0.1) is 0 Å². The summed E-state index contributed by atoms with van der Waals surface area (Å²) in [4.78, 5) is 13.8. The van der Waals surface area contributed by atoms with Crippen LogP contribution in [0.2, 0.25) is 0 Å². The highest BCUT2D eigenvalue weighted by atomic mass is 19.1. The molecule has 1 aromatic rings. The van der Waals surface area contributed by atoms with Crippen molar-refractivity contribution in [1.82, 2.24) is 4.90 Å². The largest absolute Gasteiger partial charge is 0.444 e. The van der Waals surface area contributed by atoms with Crippen LogP contribution in [-0.4, -0.2) is 22.8 Å². The summed E-state index contributed by atoms with van der Waals surface area (Å²) in [6, 6.07) is 9.59. The van der Waals surface area contributed by atoms with Crippen LogP contribution in [0.15, 0.2) is 30.3 Å². The highest BCUT2D eigenvalue weighted by Crippen LogP contribution is 2.55. The number of carbonyl (C=O) groups is 1. The molecule has 2 aliphatic heterocycles. The molecule has 3 nitrogen and oxygen atoms in total. The molecule has 4 heteroatoms. The predicted octanol–water partition coefficient (Wildman–Crippen LogP) is 3.88. The van der Waals surface area contributed by atoms with Gasteiger partial charge in [-0.1, -0.05) is 30.3 Å². The van der Waals surface area contributed by atoms with Crippen molar-refractivity contribution in [3.63, 3.8) is 0 Å². The Morgan fingerprint density at radius 1 is 1.19 bits per heavy atom. The van der Waals surface area contributed by atoms with Crippen LogP contribution in [-0.2, 0) is 11.3 Å². The van der Waals surface area contributed by atoms with Gasteiger partial charge in [-0.25, -0.2) is 9.18 Å². The van der Waals surface area contributed by atoms with E-state index in [1.807, 2.05) is 30.3 Å². The topological polar surface area (TPSA) is 29.5 Å². The molecule has 0 N–H and O–H groups in total. The number of carbonyl (C=O) groups excluding carboxylic acids is 1. The maximum absolute atomic E-state index is 15.1. The molecule has 112 valence electrons. The number of piperidine rings is 2. The quantitative estimate of drug-likeness (QED) is 0.773. The molecule has 1 aromatic carbocycles. The van der Waals surface area contributed by atoms with Crippen molar-refractivity contribution in [1.29, 1.82) is 0 Å². The Kier molecular flexibility index (Phi) is 2.95. The molecular formula is C17H20FNO2. The summed E-state index contributed by atoms with van der Waals surface area (Å²) in [5.74, 6) is -0.529. The van der Waals surface area contributed by atoms with Crippen LogP contribution in [0, 0.1) is 11.8 Å². The molecule has 5 rings (SSSR count). The third-order valence-electron chi connectivity index (χ3n) is 5.28. The van der Waals surface area contributed by atoms with E-state index in [9.17, 15) is 4.79 Å². The van der Waals surface area contributed by atoms with E-state index in [2.05, 4.69) is 0 Å². The van der Waals surface area contributed by atoms with Crippen LogP contribution in [0.1, 0.15) is 37.7 Å². The lowest BCUT2D eigenvalue weighted by Crippen LogP contribution is -2.65. The molecule has 0 radical (unpaired) electrons. The number of alkyl halides is 1. The maximum Gasteiger partial charge on any atom is 0.412 e. The van der Waals surface area contributed by atoms with Gasteiger partial charge in [0.05, 0.1) is 0 Å². The van der Waals surface area contributed by atoms with Gasteiger partial charge >= 0.3 is 6.09 Å². The van der Waals surface area contributed by atoms with Crippen LogP contribution < -0.4 is 0 Å². The number of rotatable bonds is 2. The van der Waals surface area contributed by atoms with Crippen LogP contribution in [0.3, 0.4) is 0 Å². The average Bonchev–Trinajstić information content (AvgIpc) is 2.44. The van der Waals surface area contributed by atoms with Crippen molar-refractivity contribution in [2.45, 2.75) is 50.5 Å². The Hall–Kier alpha value is -1.58. The van der Waals surface area contributed by atoms with Crippen LogP contribution in [0.25, 0.3) is 0 Å². The molecule has 4 fully saturated rings. The van der Waals surface area contributed by atoms with E-state index in [4.69, 9.17) is 4.74 Å². The van der Waals surface area contributed by atoms with Gasteiger partial charge in [-0.05, 0) is 36.7 Å². The third kappa shape index (κ3) is 2.21. The molecule has 0 aromatic heterocycles. The molecule has 2 heterocycles. The molecule has 21 heavy (non-hydrogen) atoms. The monoisotopic (exact) mass is 289 g/mol. The highest BCUT2D eigenvalue weighted by Gasteiger charge is 2.58. The summed E-state index contributed by atoms with van der Waals surface area (Å²) in [6.45, 7) is 0.214. The minimum absolute atomic E-state index is 0.0459.